The number of carbonyl (C=O) groups excluding carboxylic acids is 1. The Morgan fingerprint density at radius 1 is 1.19 bits per heavy atom. The molecule has 0 aliphatic heterocycles. The molecule has 0 unspecified atom stereocenters. The number of nitrogens with one attached hydrogen (secondary N) is 1. The van der Waals surface area contributed by atoms with Gasteiger partial charge in [-0.15, -0.1) is 0 Å². The van der Waals surface area contributed by atoms with E-state index in [1.165, 1.54) is 32.2 Å². The summed E-state index contributed by atoms with van der Waals surface area (Å²) in [4.78, 5) is 14.5. The van der Waals surface area contributed by atoms with Crippen LogP contribution in [0.4, 0.5) is 11.4 Å². The van der Waals surface area contributed by atoms with Crippen LogP contribution in [0.25, 0.3) is 0 Å². The van der Waals surface area contributed by atoms with Crippen LogP contribution in [0, 0.1) is 5.92 Å². The average Bonchev–Trinajstić information content (AvgIpc) is 3.34. The summed E-state index contributed by atoms with van der Waals surface area (Å²) in [6, 6.07) is 8.11. The van der Waals surface area contributed by atoms with E-state index in [0.717, 1.165) is 30.6 Å². The van der Waals surface area contributed by atoms with Crippen molar-refractivity contribution in [3.05, 3.63) is 24.3 Å². The molecule has 2 aliphatic rings. The van der Waals surface area contributed by atoms with E-state index in [-0.39, 0.29) is 5.91 Å². The third-order valence-electron chi connectivity index (χ3n) is 4.30. The van der Waals surface area contributed by atoms with Crippen molar-refractivity contribution in [1.29, 1.82) is 0 Å². The van der Waals surface area contributed by atoms with Gasteiger partial charge in [0.05, 0.1) is 0 Å². The second kappa shape index (κ2) is 6.48. The first-order valence-corrected chi connectivity index (χ1v) is 8.10. The molecule has 4 nitrogen and oxygen atoms in total. The largest absolute Gasteiger partial charge is 0.399 e. The van der Waals surface area contributed by atoms with Crippen molar-refractivity contribution in [2.75, 3.05) is 24.1 Å². The fraction of sp³-hybridized carbons (Fsp3) is 0.588. The third kappa shape index (κ3) is 4.74. The lowest BCUT2D eigenvalue weighted by molar-refractivity contribution is -0.116. The van der Waals surface area contributed by atoms with Gasteiger partial charge < -0.3 is 16.0 Å². The molecule has 0 aromatic heterocycles. The first-order valence-electron chi connectivity index (χ1n) is 8.10. The minimum absolute atomic E-state index is 0.0990. The minimum Gasteiger partial charge on any atom is -0.399 e. The summed E-state index contributed by atoms with van der Waals surface area (Å²) in [6.07, 6.45) is 7.05. The molecular weight excluding hydrogens is 262 g/mol. The van der Waals surface area contributed by atoms with Gasteiger partial charge in [-0.2, -0.15) is 0 Å². The van der Waals surface area contributed by atoms with Gasteiger partial charge in [-0.25, -0.2) is 0 Å². The molecule has 1 amide bonds. The Morgan fingerprint density at radius 2 is 1.90 bits per heavy atom. The molecular formula is C17H25N3O. The number of hydrogen-bond donors (Lipinski definition) is 2. The molecule has 1 aromatic rings. The summed E-state index contributed by atoms with van der Waals surface area (Å²) in [5.74, 6) is 1.04. The number of benzene rings is 1. The number of carbonyl (C=O) groups is 1. The fourth-order valence-corrected chi connectivity index (χ4v) is 2.73. The molecule has 0 bridgehead atoms. The quantitative estimate of drug-likeness (QED) is 0.723. The van der Waals surface area contributed by atoms with Crippen LogP contribution in [-0.4, -0.2) is 29.9 Å². The Balaban J connectivity index is 1.37. The minimum atomic E-state index is 0.0990. The molecule has 2 aliphatic carbocycles. The van der Waals surface area contributed by atoms with Crippen molar-refractivity contribution in [2.24, 2.45) is 5.92 Å². The van der Waals surface area contributed by atoms with Crippen LogP contribution in [0.1, 0.15) is 38.5 Å². The normalized spacial score (nSPS) is 18.0. The number of nitrogen functional groups attached to an aromatic ring is 1. The molecule has 2 saturated carbocycles. The van der Waals surface area contributed by atoms with Crippen LogP contribution in [0.15, 0.2) is 24.3 Å². The van der Waals surface area contributed by atoms with Gasteiger partial charge in [0.15, 0.2) is 0 Å². The Bertz CT molecular complexity index is 477. The summed E-state index contributed by atoms with van der Waals surface area (Å²) < 4.78 is 0. The number of anilines is 2. The van der Waals surface area contributed by atoms with Gasteiger partial charge in [-0.1, -0.05) is 0 Å². The molecule has 0 spiro atoms. The SMILES string of the molecule is Nc1ccc(NC(=O)CCCN(CC2CC2)C2CC2)cc1. The summed E-state index contributed by atoms with van der Waals surface area (Å²) in [7, 11) is 0. The molecule has 0 atom stereocenters. The van der Waals surface area contributed by atoms with Crippen molar-refractivity contribution in [2.45, 2.75) is 44.6 Å². The standard InChI is InChI=1S/C17H25N3O/c18-14-5-7-15(8-6-14)19-17(21)2-1-11-20(16-9-10-16)12-13-3-4-13/h5-8,13,16H,1-4,9-12,18H2,(H,19,21). The topological polar surface area (TPSA) is 58.4 Å². The predicted octanol–water partition coefficient (Wildman–Crippen LogP) is 2.86. The van der Waals surface area contributed by atoms with Gasteiger partial charge in [0, 0.05) is 30.4 Å². The number of nitrogens with zero attached hydrogens (tertiary/aromatic N) is 1. The monoisotopic (exact) mass is 287 g/mol. The Morgan fingerprint density at radius 3 is 2.52 bits per heavy atom. The van der Waals surface area contributed by atoms with Crippen molar-refractivity contribution < 1.29 is 4.79 Å². The van der Waals surface area contributed by atoms with E-state index in [2.05, 4.69) is 10.2 Å². The summed E-state index contributed by atoms with van der Waals surface area (Å²) in [5, 5.41) is 2.93. The van der Waals surface area contributed by atoms with E-state index in [4.69, 9.17) is 5.73 Å². The zero-order chi connectivity index (χ0) is 14.7. The van der Waals surface area contributed by atoms with Crippen LogP contribution < -0.4 is 11.1 Å². The highest BCUT2D eigenvalue weighted by atomic mass is 16.1. The average molecular weight is 287 g/mol. The highest BCUT2D eigenvalue weighted by Gasteiger charge is 2.33. The highest BCUT2D eigenvalue weighted by Crippen LogP contribution is 2.34. The lowest BCUT2D eigenvalue weighted by atomic mass is 10.2. The van der Waals surface area contributed by atoms with Crippen molar-refractivity contribution in [3.63, 3.8) is 0 Å². The Hall–Kier alpha value is -1.55. The first kappa shape index (κ1) is 14.4. The maximum atomic E-state index is 11.9. The van der Waals surface area contributed by atoms with Crippen molar-refractivity contribution in [3.8, 4) is 0 Å². The van der Waals surface area contributed by atoms with E-state index < -0.39 is 0 Å². The molecule has 2 fully saturated rings. The molecule has 1 aromatic carbocycles. The smallest absolute Gasteiger partial charge is 0.224 e. The van der Waals surface area contributed by atoms with Crippen LogP contribution in [-0.2, 0) is 4.79 Å². The fourth-order valence-electron chi connectivity index (χ4n) is 2.73. The van der Waals surface area contributed by atoms with Gasteiger partial charge >= 0.3 is 0 Å². The lowest BCUT2D eigenvalue weighted by Gasteiger charge is -2.21. The van der Waals surface area contributed by atoms with Crippen LogP contribution in [0.3, 0.4) is 0 Å². The summed E-state index contributed by atoms with van der Waals surface area (Å²) in [6.45, 7) is 2.32. The highest BCUT2D eigenvalue weighted by molar-refractivity contribution is 5.90. The van der Waals surface area contributed by atoms with Gasteiger partial charge in [0.25, 0.3) is 0 Å². The zero-order valence-electron chi connectivity index (χ0n) is 12.6. The number of rotatable bonds is 8. The van der Waals surface area contributed by atoms with Crippen molar-refractivity contribution in [1.82, 2.24) is 4.90 Å². The molecule has 114 valence electrons. The number of hydrogen-bond acceptors (Lipinski definition) is 3. The maximum Gasteiger partial charge on any atom is 0.224 e. The second-order valence-corrected chi connectivity index (χ2v) is 6.44. The summed E-state index contributed by atoms with van der Waals surface area (Å²) in [5.41, 5.74) is 7.17. The molecule has 4 heteroatoms. The van der Waals surface area contributed by atoms with Crippen LogP contribution >= 0.6 is 0 Å². The van der Waals surface area contributed by atoms with E-state index in [9.17, 15) is 4.79 Å². The summed E-state index contributed by atoms with van der Waals surface area (Å²) >= 11 is 0. The van der Waals surface area contributed by atoms with E-state index >= 15 is 0 Å². The van der Waals surface area contributed by atoms with Crippen molar-refractivity contribution >= 4 is 17.3 Å². The molecule has 0 heterocycles. The first-order chi connectivity index (χ1) is 10.2. The zero-order valence-corrected chi connectivity index (χ0v) is 12.6. The molecule has 3 N–H and O–H groups in total. The maximum absolute atomic E-state index is 11.9. The van der Waals surface area contributed by atoms with Crippen LogP contribution in [0.5, 0.6) is 0 Å². The Labute approximate surface area is 126 Å². The lowest BCUT2D eigenvalue weighted by Crippen LogP contribution is -2.30. The van der Waals surface area contributed by atoms with E-state index in [0.29, 0.717) is 12.1 Å². The third-order valence-corrected chi connectivity index (χ3v) is 4.30. The van der Waals surface area contributed by atoms with Gasteiger partial charge in [-0.05, 0) is 68.8 Å². The van der Waals surface area contributed by atoms with Gasteiger partial charge in [0.1, 0.15) is 0 Å². The molecule has 0 radical (unpaired) electrons. The molecule has 0 saturated heterocycles. The predicted molar refractivity (Wildman–Crippen MR) is 86.0 cm³/mol. The second-order valence-electron chi connectivity index (χ2n) is 6.44. The van der Waals surface area contributed by atoms with Gasteiger partial charge in [0.2, 0.25) is 5.91 Å². The number of nitrogens with two attached hydrogens (primary N) is 1. The number of amides is 1. The van der Waals surface area contributed by atoms with E-state index in [1.807, 2.05) is 12.1 Å². The van der Waals surface area contributed by atoms with Crippen LogP contribution in [0.2, 0.25) is 0 Å². The van der Waals surface area contributed by atoms with Gasteiger partial charge in [-0.3, -0.25) is 4.79 Å². The molecule has 3 rings (SSSR count). The Kier molecular flexibility index (Phi) is 4.44. The van der Waals surface area contributed by atoms with E-state index in [1.54, 1.807) is 12.1 Å². The molecule has 21 heavy (non-hydrogen) atoms.